The Kier molecular flexibility index (Phi) is 8.54. The summed E-state index contributed by atoms with van der Waals surface area (Å²) in [4.78, 5) is 22.6. The molecule has 0 saturated heterocycles. The van der Waals surface area contributed by atoms with Crippen LogP contribution in [-0.2, 0) is 18.3 Å². The maximum absolute atomic E-state index is 12.2. The van der Waals surface area contributed by atoms with E-state index in [0.717, 1.165) is 23.6 Å². The largest absolute Gasteiger partial charge is 0.493 e. The first-order chi connectivity index (χ1) is 15.7. The van der Waals surface area contributed by atoms with Gasteiger partial charge in [0.2, 0.25) is 5.91 Å². The highest BCUT2D eigenvalue weighted by Gasteiger charge is 2.15. The minimum Gasteiger partial charge on any atom is -0.493 e. The molecule has 0 unspecified atom stereocenters. The molecule has 1 aromatic heterocycles. The van der Waals surface area contributed by atoms with Crippen LogP contribution in [0, 0.1) is 17.0 Å². The summed E-state index contributed by atoms with van der Waals surface area (Å²) in [7, 11) is 1.84. The Labute approximate surface area is 204 Å². The molecule has 0 bridgehead atoms. The van der Waals surface area contributed by atoms with Crippen LogP contribution in [0.3, 0.4) is 0 Å². The van der Waals surface area contributed by atoms with Gasteiger partial charge in [-0.3, -0.25) is 14.9 Å². The monoisotopic (exact) mass is 509 g/mol. The molecule has 2 aromatic carbocycles. The Morgan fingerprint density at radius 2 is 2.03 bits per heavy atom. The molecule has 0 atom stereocenters. The highest BCUT2D eigenvalue weighted by molar-refractivity contribution is 7.99. The maximum atomic E-state index is 12.2. The summed E-state index contributed by atoms with van der Waals surface area (Å²) < 4.78 is 7.63. The van der Waals surface area contributed by atoms with Crippen LogP contribution in [0.1, 0.15) is 17.8 Å². The number of aromatic nitrogens is 3. The number of anilines is 1. The van der Waals surface area contributed by atoms with Crippen LogP contribution >= 0.6 is 35.0 Å². The molecule has 12 heteroatoms. The van der Waals surface area contributed by atoms with Gasteiger partial charge in [-0.05, 0) is 49.2 Å². The first kappa shape index (κ1) is 24.8. The minimum atomic E-state index is -0.602. The fourth-order valence-electron chi connectivity index (χ4n) is 2.93. The number of hydrogen-bond donors (Lipinski definition) is 1. The molecule has 1 amide bonds. The number of aryl methyl sites for hydroxylation is 2. The summed E-state index contributed by atoms with van der Waals surface area (Å²) in [5, 5.41) is 23.2. The van der Waals surface area contributed by atoms with Crippen LogP contribution in [0.15, 0.2) is 41.6 Å². The van der Waals surface area contributed by atoms with Crippen LogP contribution in [0.4, 0.5) is 11.4 Å². The van der Waals surface area contributed by atoms with E-state index in [9.17, 15) is 14.9 Å². The van der Waals surface area contributed by atoms with Gasteiger partial charge < -0.3 is 14.6 Å². The van der Waals surface area contributed by atoms with Crippen molar-refractivity contribution in [3.05, 3.63) is 67.9 Å². The molecule has 174 valence electrons. The van der Waals surface area contributed by atoms with Gasteiger partial charge in [0.1, 0.15) is 16.6 Å². The van der Waals surface area contributed by atoms with Crippen LogP contribution in [0.5, 0.6) is 5.75 Å². The molecular weight excluding hydrogens is 489 g/mol. The van der Waals surface area contributed by atoms with Crippen LogP contribution in [-0.4, -0.2) is 38.0 Å². The van der Waals surface area contributed by atoms with Gasteiger partial charge in [0, 0.05) is 30.2 Å². The zero-order valence-electron chi connectivity index (χ0n) is 17.9. The van der Waals surface area contributed by atoms with Gasteiger partial charge in [0.05, 0.1) is 17.3 Å². The van der Waals surface area contributed by atoms with Crippen molar-refractivity contribution in [1.82, 2.24) is 14.8 Å². The number of nitrogens with one attached hydrogen (secondary N) is 1. The van der Waals surface area contributed by atoms with Gasteiger partial charge in [-0.25, -0.2) is 0 Å². The predicted molar refractivity (Wildman–Crippen MR) is 128 cm³/mol. The predicted octanol–water partition coefficient (Wildman–Crippen LogP) is 5.08. The maximum Gasteiger partial charge on any atom is 0.289 e. The molecule has 0 fully saturated rings. The third-order valence-corrected chi connectivity index (χ3v) is 6.20. The first-order valence-electron chi connectivity index (χ1n) is 9.88. The summed E-state index contributed by atoms with van der Waals surface area (Å²) in [6.07, 6.45) is 1.41. The van der Waals surface area contributed by atoms with Crippen LogP contribution < -0.4 is 10.1 Å². The third kappa shape index (κ3) is 6.83. The molecule has 0 aliphatic rings. The molecule has 3 aromatic rings. The first-order valence-corrected chi connectivity index (χ1v) is 11.6. The van der Waals surface area contributed by atoms with E-state index < -0.39 is 4.92 Å². The number of halogens is 2. The molecular formula is C21H21Cl2N5O4S. The molecule has 33 heavy (non-hydrogen) atoms. The summed E-state index contributed by atoms with van der Waals surface area (Å²) in [5.74, 6) is 1.32. The molecule has 9 nitrogen and oxygen atoms in total. The number of ether oxygens (including phenoxy) is 1. The van der Waals surface area contributed by atoms with Crippen molar-refractivity contribution in [2.24, 2.45) is 7.05 Å². The van der Waals surface area contributed by atoms with Gasteiger partial charge in [-0.2, -0.15) is 0 Å². The second-order valence-corrected chi connectivity index (χ2v) is 8.87. The Balaban J connectivity index is 1.47. The van der Waals surface area contributed by atoms with Crippen LogP contribution in [0.2, 0.25) is 10.0 Å². The summed E-state index contributed by atoms with van der Waals surface area (Å²) in [6.45, 7) is 2.46. The topological polar surface area (TPSA) is 112 Å². The zero-order valence-corrected chi connectivity index (χ0v) is 20.2. The molecule has 0 aliphatic carbocycles. The van der Waals surface area contributed by atoms with E-state index in [1.54, 1.807) is 6.07 Å². The Morgan fingerprint density at radius 3 is 2.76 bits per heavy atom. The van der Waals surface area contributed by atoms with E-state index in [1.807, 2.05) is 30.7 Å². The quantitative estimate of drug-likeness (QED) is 0.175. The molecule has 0 radical (unpaired) electrons. The van der Waals surface area contributed by atoms with Gasteiger partial charge >= 0.3 is 0 Å². The lowest BCUT2D eigenvalue weighted by Gasteiger charge is -2.09. The Morgan fingerprint density at radius 1 is 1.24 bits per heavy atom. The van der Waals surface area contributed by atoms with Crippen molar-refractivity contribution >= 4 is 52.2 Å². The van der Waals surface area contributed by atoms with E-state index in [-0.39, 0.29) is 22.4 Å². The number of amides is 1. The lowest BCUT2D eigenvalue weighted by atomic mass is 10.2. The summed E-state index contributed by atoms with van der Waals surface area (Å²) in [6, 6.07) is 9.59. The lowest BCUT2D eigenvalue weighted by molar-refractivity contribution is -0.384. The number of nitro benzene ring substituents is 1. The third-order valence-electron chi connectivity index (χ3n) is 4.62. The average molecular weight is 510 g/mol. The highest BCUT2D eigenvalue weighted by atomic mass is 35.5. The molecule has 0 aliphatic heterocycles. The second-order valence-electron chi connectivity index (χ2n) is 7.08. The van der Waals surface area contributed by atoms with E-state index in [1.165, 1.54) is 30.0 Å². The van der Waals surface area contributed by atoms with Crippen molar-refractivity contribution in [1.29, 1.82) is 0 Å². The van der Waals surface area contributed by atoms with E-state index in [2.05, 4.69) is 15.5 Å². The number of rotatable bonds is 10. The molecule has 3 rings (SSSR count). The second kappa shape index (κ2) is 11.4. The lowest BCUT2D eigenvalue weighted by Crippen LogP contribution is -2.14. The number of nitrogens with zero attached hydrogens (tertiary/aromatic N) is 4. The zero-order chi connectivity index (χ0) is 24.0. The fourth-order valence-corrected chi connectivity index (χ4v) is 4.08. The molecule has 0 saturated carbocycles. The fraction of sp³-hybridized carbons (Fsp3) is 0.286. The standard InChI is InChI=1S/C21H21Cl2N5O4S/c1-13-10-14(22)5-8-18(13)32-9-3-4-19-25-26-21(27(19)2)33-12-20(29)24-15-6-7-16(23)17(11-15)28(30)31/h5-8,10-11H,3-4,9,12H2,1-2H3,(H,24,29). The molecule has 0 spiro atoms. The van der Waals surface area contributed by atoms with E-state index in [4.69, 9.17) is 27.9 Å². The van der Waals surface area contributed by atoms with Crippen molar-refractivity contribution < 1.29 is 14.5 Å². The number of carbonyl (C=O) groups is 1. The van der Waals surface area contributed by atoms with Crippen molar-refractivity contribution in [3.8, 4) is 5.75 Å². The number of carbonyl (C=O) groups excluding carboxylic acids is 1. The number of benzene rings is 2. The van der Waals surface area contributed by atoms with Crippen molar-refractivity contribution in [2.75, 3.05) is 17.7 Å². The molecule has 1 N–H and O–H groups in total. The van der Waals surface area contributed by atoms with Crippen LogP contribution in [0.25, 0.3) is 0 Å². The average Bonchev–Trinajstić information content (AvgIpc) is 3.11. The van der Waals surface area contributed by atoms with E-state index in [0.29, 0.717) is 28.9 Å². The van der Waals surface area contributed by atoms with E-state index >= 15 is 0 Å². The van der Waals surface area contributed by atoms with Gasteiger partial charge in [-0.1, -0.05) is 35.0 Å². The van der Waals surface area contributed by atoms with Gasteiger partial charge in [-0.15, -0.1) is 10.2 Å². The van der Waals surface area contributed by atoms with Crippen molar-refractivity contribution in [3.63, 3.8) is 0 Å². The normalized spacial score (nSPS) is 10.8. The SMILES string of the molecule is Cc1cc(Cl)ccc1OCCCc1nnc(SCC(=O)Nc2ccc(Cl)c([N+](=O)[O-])c2)n1C. The number of thioether (sulfide) groups is 1. The van der Waals surface area contributed by atoms with Crippen molar-refractivity contribution in [2.45, 2.75) is 24.9 Å². The van der Waals surface area contributed by atoms with Gasteiger partial charge in [0.25, 0.3) is 5.69 Å². The summed E-state index contributed by atoms with van der Waals surface area (Å²) >= 11 is 13.0. The smallest absolute Gasteiger partial charge is 0.289 e. The molecule has 1 heterocycles. The number of hydrogen-bond acceptors (Lipinski definition) is 7. The highest BCUT2D eigenvalue weighted by Crippen LogP contribution is 2.27. The van der Waals surface area contributed by atoms with Gasteiger partial charge in [0.15, 0.2) is 5.16 Å². The summed E-state index contributed by atoms with van der Waals surface area (Å²) in [5.41, 5.74) is 1.01. The Bertz CT molecular complexity index is 1170. The Hall–Kier alpha value is -2.82. The minimum absolute atomic E-state index is 0.00712. The number of nitro groups is 1.